The molecule has 0 saturated carbocycles. The van der Waals surface area contributed by atoms with E-state index >= 15 is 0 Å². The Hall–Kier alpha value is -1.37. The van der Waals surface area contributed by atoms with Gasteiger partial charge in [0.05, 0.1) is 11.1 Å². The summed E-state index contributed by atoms with van der Waals surface area (Å²) in [6, 6.07) is 0. The summed E-state index contributed by atoms with van der Waals surface area (Å²) in [6.07, 6.45) is 3.23. The van der Waals surface area contributed by atoms with E-state index in [0.29, 0.717) is 31.6 Å². The van der Waals surface area contributed by atoms with Crippen molar-refractivity contribution in [1.82, 2.24) is 14.9 Å². The van der Waals surface area contributed by atoms with Crippen molar-refractivity contribution in [2.45, 2.75) is 13.8 Å². The SMILES string of the molecule is CC(C)COC(=O)N1CCN(c2ncc(Br)cn2)CC1. The number of piperazine rings is 1. The maximum absolute atomic E-state index is 11.8. The molecule has 1 aromatic heterocycles. The summed E-state index contributed by atoms with van der Waals surface area (Å²) in [4.78, 5) is 24.2. The standard InChI is InChI=1S/C13H19BrN4O2/c1-10(2)9-20-13(19)18-5-3-17(4-6-18)12-15-7-11(14)8-16-12/h7-8,10H,3-6,9H2,1-2H3. The van der Waals surface area contributed by atoms with Crippen LogP contribution in [0.3, 0.4) is 0 Å². The normalized spacial score (nSPS) is 15.6. The van der Waals surface area contributed by atoms with E-state index in [-0.39, 0.29) is 6.09 Å². The van der Waals surface area contributed by atoms with Gasteiger partial charge in [0, 0.05) is 38.6 Å². The van der Waals surface area contributed by atoms with E-state index < -0.39 is 0 Å². The van der Waals surface area contributed by atoms with Crippen molar-refractivity contribution in [2.24, 2.45) is 5.92 Å². The molecule has 0 aromatic carbocycles. The molecule has 0 atom stereocenters. The first-order valence-electron chi connectivity index (χ1n) is 6.70. The molecule has 20 heavy (non-hydrogen) atoms. The topological polar surface area (TPSA) is 58.6 Å². The van der Waals surface area contributed by atoms with E-state index in [1.807, 2.05) is 13.8 Å². The minimum absolute atomic E-state index is 0.227. The number of halogens is 1. The highest BCUT2D eigenvalue weighted by molar-refractivity contribution is 9.10. The Balaban J connectivity index is 1.83. The molecule has 1 fully saturated rings. The van der Waals surface area contributed by atoms with Crippen molar-refractivity contribution in [3.8, 4) is 0 Å². The van der Waals surface area contributed by atoms with Gasteiger partial charge in [-0.25, -0.2) is 14.8 Å². The van der Waals surface area contributed by atoms with Crippen LogP contribution in [0.15, 0.2) is 16.9 Å². The molecule has 1 aliphatic heterocycles. The molecule has 2 heterocycles. The molecule has 1 aromatic rings. The summed E-state index contributed by atoms with van der Waals surface area (Å²) in [5, 5.41) is 0. The van der Waals surface area contributed by atoms with E-state index in [9.17, 15) is 4.79 Å². The Morgan fingerprint density at radius 1 is 1.30 bits per heavy atom. The Bertz CT molecular complexity index is 444. The van der Waals surface area contributed by atoms with Gasteiger partial charge in [0.25, 0.3) is 0 Å². The minimum Gasteiger partial charge on any atom is -0.449 e. The molecular weight excluding hydrogens is 324 g/mol. The quantitative estimate of drug-likeness (QED) is 0.842. The van der Waals surface area contributed by atoms with Crippen LogP contribution in [0, 0.1) is 5.92 Å². The predicted octanol–water partition coefficient (Wildman–Crippen LogP) is 2.15. The first-order valence-corrected chi connectivity index (χ1v) is 7.49. The third-order valence-electron chi connectivity index (χ3n) is 2.97. The van der Waals surface area contributed by atoms with Crippen molar-refractivity contribution in [3.05, 3.63) is 16.9 Å². The molecule has 0 unspecified atom stereocenters. The Kier molecular flexibility index (Phi) is 5.17. The number of carbonyl (C=O) groups excluding carboxylic acids is 1. The van der Waals surface area contributed by atoms with Crippen LogP contribution < -0.4 is 4.90 Å². The van der Waals surface area contributed by atoms with Crippen LogP contribution in [0.5, 0.6) is 0 Å². The molecule has 0 N–H and O–H groups in total. The van der Waals surface area contributed by atoms with E-state index in [0.717, 1.165) is 17.6 Å². The fourth-order valence-electron chi connectivity index (χ4n) is 1.89. The Morgan fingerprint density at radius 3 is 2.45 bits per heavy atom. The van der Waals surface area contributed by atoms with Crippen LogP contribution in [-0.4, -0.2) is 53.7 Å². The van der Waals surface area contributed by atoms with Crippen LogP contribution >= 0.6 is 15.9 Å². The fourth-order valence-corrected chi connectivity index (χ4v) is 2.09. The van der Waals surface area contributed by atoms with Gasteiger partial charge < -0.3 is 14.5 Å². The lowest BCUT2D eigenvalue weighted by atomic mass is 10.2. The molecule has 2 rings (SSSR count). The fraction of sp³-hybridized carbons (Fsp3) is 0.615. The largest absolute Gasteiger partial charge is 0.449 e. The van der Waals surface area contributed by atoms with Gasteiger partial charge in [-0.3, -0.25) is 0 Å². The molecule has 0 spiro atoms. The van der Waals surface area contributed by atoms with Gasteiger partial charge in [0.1, 0.15) is 0 Å². The van der Waals surface area contributed by atoms with Crippen LogP contribution in [0.1, 0.15) is 13.8 Å². The van der Waals surface area contributed by atoms with Gasteiger partial charge in [-0.2, -0.15) is 0 Å². The number of hydrogen-bond acceptors (Lipinski definition) is 5. The lowest BCUT2D eigenvalue weighted by Crippen LogP contribution is -2.49. The molecule has 1 aliphatic rings. The zero-order valence-electron chi connectivity index (χ0n) is 11.8. The number of anilines is 1. The molecule has 1 amide bonds. The molecule has 0 bridgehead atoms. The Morgan fingerprint density at radius 2 is 1.90 bits per heavy atom. The van der Waals surface area contributed by atoms with Crippen molar-refractivity contribution >= 4 is 28.0 Å². The number of hydrogen-bond donors (Lipinski definition) is 0. The number of carbonyl (C=O) groups is 1. The average molecular weight is 343 g/mol. The number of amides is 1. The summed E-state index contributed by atoms with van der Waals surface area (Å²) in [5.74, 6) is 1.06. The van der Waals surface area contributed by atoms with Crippen LogP contribution in [0.2, 0.25) is 0 Å². The smallest absolute Gasteiger partial charge is 0.409 e. The van der Waals surface area contributed by atoms with E-state index in [1.54, 1.807) is 17.3 Å². The summed E-state index contributed by atoms with van der Waals surface area (Å²) in [5.41, 5.74) is 0. The van der Waals surface area contributed by atoms with E-state index in [4.69, 9.17) is 4.74 Å². The number of rotatable bonds is 3. The first kappa shape index (κ1) is 15.0. The van der Waals surface area contributed by atoms with Crippen molar-refractivity contribution in [1.29, 1.82) is 0 Å². The second-order valence-electron chi connectivity index (χ2n) is 5.15. The second kappa shape index (κ2) is 6.88. The third-order valence-corrected chi connectivity index (χ3v) is 3.38. The lowest BCUT2D eigenvalue weighted by molar-refractivity contribution is 0.0900. The Labute approximate surface area is 127 Å². The maximum atomic E-state index is 11.8. The van der Waals surface area contributed by atoms with Gasteiger partial charge in [0.2, 0.25) is 5.95 Å². The van der Waals surface area contributed by atoms with Gasteiger partial charge in [-0.15, -0.1) is 0 Å². The zero-order valence-corrected chi connectivity index (χ0v) is 13.3. The molecule has 6 nitrogen and oxygen atoms in total. The molecule has 1 saturated heterocycles. The number of nitrogens with zero attached hydrogens (tertiary/aromatic N) is 4. The zero-order chi connectivity index (χ0) is 14.5. The van der Waals surface area contributed by atoms with Crippen molar-refractivity contribution < 1.29 is 9.53 Å². The maximum Gasteiger partial charge on any atom is 0.409 e. The second-order valence-corrected chi connectivity index (χ2v) is 6.06. The average Bonchev–Trinajstić information content (AvgIpc) is 2.46. The van der Waals surface area contributed by atoms with E-state index in [2.05, 4.69) is 30.8 Å². The number of aromatic nitrogens is 2. The van der Waals surface area contributed by atoms with Gasteiger partial charge in [0.15, 0.2) is 0 Å². The molecule has 7 heteroatoms. The predicted molar refractivity (Wildman–Crippen MR) is 79.7 cm³/mol. The van der Waals surface area contributed by atoms with Crippen molar-refractivity contribution in [3.63, 3.8) is 0 Å². The molecule has 0 aliphatic carbocycles. The monoisotopic (exact) mass is 342 g/mol. The minimum atomic E-state index is -0.227. The van der Waals surface area contributed by atoms with Crippen LogP contribution in [0.4, 0.5) is 10.7 Å². The molecule has 110 valence electrons. The highest BCUT2D eigenvalue weighted by Crippen LogP contribution is 2.13. The van der Waals surface area contributed by atoms with Gasteiger partial charge >= 0.3 is 6.09 Å². The van der Waals surface area contributed by atoms with Gasteiger partial charge in [-0.05, 0) is 21.8 Å². The summed E-state index contributed by atoms with van der Waals surface area (Å²) >= 11 is 3.31. The summed E-state index contributed by atoms with van der Waals surface area (Å²) in [6.45, 7) is 7.23. The van der Waals surface area contributed by atoms with Crippen LogP contribution in [0.25, 0.3) is 0 Å². The highest BCUT2D eigenvalue weighted by atomic mass is 79.9. The lowest BCUT2D eigenvalue weighted by Gasteiger charge is -2.34. The van der Waals surface area contributed by atoms with Gasteiger partial charge in [-0.1, -0.05) is 13.8 Å². The number of ether oxygens (including phenoxy) is 1. The summed E-state index contributed by atoms with van der Waals surface area (Å²) in [7, 11) is 0. The van der Waals surface area contributed by atoms with Crippen LogP contribution in [-0.2, 0) is 4.74 Å². The van der Waals surface area contributed by atoms with Crippen molar-refractivity contribution in [2.75, 3.05) is 37.7 Å². The third kappa shape index (κ3) is 4.06. The highest BCUT2D eigenvalue weighted by Gasteiger charge is 2.23. The molecular formula is C13H19BrN4O2. The van der Waals surface area contributed by atoms with E-state index in [1.165, 1.54) is 0 Å². The summed E-state index contributed by atoms with van der Waals surface area (Å²) < 4.78 is 6.09. The molecule has 0 radical (unpaired) electrons. The first-order chi connectivity index (χ1) is 9.56.